The lowest BCUT2D eigenvalue weighted by atomic mass is 10.3. The zero-order valence-electron chi connectivity index (χ0n) is 15.1. The first-order chi connectivity index (χ1) is 13.0. The predicted octanol–water partition coefficient (Wildman–Crippen LogP) is 2.87. The first-order valence-corrected chi connectivity index (χ1v) is 8.63. The summed E-state index contributed by atoms with van der Waals surface area (Å²) in [4.78, 5) is 22.0. The molecule has 0 bridgehead atoms. The van der Waals surface area contributed by atoms with E-state index in [-0.39, 0.29) is 49.0 Å². The maximum atomic E-state index is 12.8. The zero-order valence-corrected chi connectivity index (χ0v) is 15.8. The SMILES string of the molecule is Cc1nn(CCC(=O)NCCCn2nc(C(F)(F)F)c(Cl)c2C)cc1[N+](=O)[O-]. The Labute approximate surface area is 162 Å². The van der Waals surface area contributed by atoms with Crippen LogP contribution in [-0.4, -0.2) is 36.9 Å². The van der Waals surface area contributed by atoms with Crippen molar-refractivity contribution in [2.24, 2.45) is 0 Å². The van der Waals surface area contributed by atoms with E-state index >= 15 is 0 Å². The predicted molar refractivity (Wildman–Crippen MR) is 92.8 cm³/mol. The van der Waals surface area contributed by atoms with Crippen molar-refractivity contribution in [3.63, 3.8) is 0 Å². The first-order valence-electron chi connectivity index (χ1n) is 8.26. The second-order valence-electron chi connectivity index (χ2n) is 6.04. The molecule has 9 nitrogen and oxygen atoms in total. The fourth-order valence-electron chi connectivity index (χ4n) is 2.49. The van der Waals surface area contributed by atoms with E-state index in [4.69, 9.17) is 11.6 Å². The van der Waals surface area contributed by atoms with E-state index in [9.17, 15) is 28.1 Å². The topological polar surface area (TPSA) is 108 Å². The Balaban J connectivity index is 1.77. The Kier molecular flexibility index (Phi) is 6.65. The van der Waals surface area contributed by atoms with E-state index in [1.54, 1.807) is 0 Å². The molecule has 0 atom stereocenters. The van der Waals surface area contributed by atoms with Crippen LogP contribution in [0, 0.1) is 24.0 Å². The van der Waals surface area contributed by atoms with Gasteiger partial charge in [0.2, 0.25) is 5.91 Å². The molecule has 2 rings (SSSR count). The van der Waals surface area contributed by atoms with E-state index in [1.165, 1.54) is 24.7 Å². The van der Waals surface area contributed by atoms with Gasteiger partial charge in [-0.1, -0.05) is 11.6 Å². The lowest BCUT2D eigenvalue weighted by Crippen LogP contribution is -2.26. The fraction of sp³-hybridized carbons (Fsp3) is 0.533. The van der Waals surface area contributed by atoms with Crippen LogP contribution in [0.5, 0.6) is 0 Å². The van der Waals surface area contributed by atoms with Crippen LogP contribution in [0.1, 0.15) is 29.9 Å². The molecule has 0 radical (unpaired) electrons. The number of aryl methyl sites for hydroxylation is 3. The number of nitrogens with zero attached hydrogens (tertiary/aromatic N) is 5. The molecule has 0 saturated carbocycles. The molecule has 0 aliphatic carbocycles. The summed E-state index contributed by atoms with van der Waals surface area (Å²) < 4.78 is 40.8. The molecule has 13 heteroatoms. The van der Waals surface area contributed by atoms with Crippen molar-refractivity contribution in [1.29, 1.82) is 0 Å². The van der Waals surface area contributed by atoms with Crippen molar-refractivity contribution in [3.05, 3.63) is 38.4 Å². The van der Waals surface area contributed by atoms with E-state index < -0.39 is 21.8 Å². The molecular formula is C15H18ClF3N6O3. The van der Waals surface area contributed by atoms with Gasteiger partial charge in [-0.3, -0.25) is 24.3 Å². The zero-order chi connectivity index (χ0) is 21.1. The van der Waals surface area contributed by atoms with Gasteiger partial charge in [-0.2, -0.15) is 23.4 Å². The molecule has 154 valence electrons. The average molecular weight is 423 g/mol. The maximum absolute atomic E-state index is 12.8. The summed E-state index contributed by atoms with van der Waals surface area (Å²) in [5.74, 6) is -0.304. The number of hydrogen-bond acceptors (Lipinski definition) is 5. The third-order valence-corrected chi connectivity index (χ3v) is 4.41. The molecule has 0 unspecified atom stereocenters. The van der Waals surface area contributed by atoms with Crippen molar-refractivity contribution >= 4 is 23.2 Å². The smallest absolute Gasteiger partial charge is 0.356 e. The number of nitrogens with one attached hydrogen (secondary N) is 1. The van der Waals surface area contributed by atoms with Gasteiger partial charge in [0.1, 0.15) is 11.9 Å². The Morgan fingerprint density at radius 1 is 1.32 bits per heavy atom. The number of halogens is 4. The number of carbonyl (C=O) groups is 1. The maximum Gasteiger partial charge on any atom is 0.436 e. The minimum atomic E-state index is -4.62. The number of aromatic nitrogens is 4. The van der Waals surface area contributed by atoms with Crippen molar-refractivity contribution < 1.29 is 22.9 Å². The molecule has 0 saturated heterocycles. The van der Waals surface area contributed by atoms with E-state index in [0.717, 1.165) is 4.68 Å². The van der Waals surface area contributed by atoms with E-state index in [1.807, 2.05) is 0 Å². The minimum Gasteiger partial charge on any atom is -0.356 e. The Hall–Kier alpha value is -2.63. The van der Waals surface area contributed by atoms with Crippen LogP contribution >= 0.6 is 11.6 Å². The lowest BCUT2D eigenvalue weighted by Gasteiger charge is -2.07. The molecule has 0 fully saturated rings. The summed E-state index contributed by atoms with van der Waals surface area (Å²) in [5.41, 5.74) is -0.779. The van der Waals surface area contributed by atoms with Crippen LogP contribution in [-0.2, 0) is 24.1 Å². The Morgan fingerprint density at radius 2 is 2.00 bits per heavy atom. The molecule has 0 aliphatic rings. The number of rotatable bonds is 8. The molecule has 2 heterocycles. The van der Waals surface area contributed by atoms with Crippen molar-refractivity contribution in [1.82, 2.24) is 24.9 Å². The van der Waals surface area contributed by atoms with Crippen LogP contribution in [0.4, 0.5) is 18.9 Å². The number of nitro groups is 1. The summed E-state index contributed by atoms with van der Waals surface area (Å²) in [6.45, 7) is 3.50. The normalized spacial score (nSPS) is 11.6. The summed E-state index contributed by atoms with van der Waals surface area (Å²) in [6, 6.07) is 0. The van der Waals surface area contributed by atoms with Gasteiger partial charge in [0.05, 0.1) is 15.6 Å². The van der Waals surface area contributed by atoms with Crippen LogP contribution in [0.2, 0.25) is 5.02 Å². The van der Waals surface area contributed by atoms with Crippen LogP contribution < -0.4 is 5.32 Å². The summed E-state index contributed by atoms with van der Waals surface area (Å²) >= 11 is 5.67. The van der Waals surface area contributed by atoms with Gasteiger partial charge < -0.3 is 5.32 Å². The van der Waals surface area contributed by atoms with Gasteiger partial charge in [-0.05, 0) is 20.3 Å². The van der Waals surface area contributed by atoms with Crippen LogP contribution in [0.3, 0.4) is 0 Å². The fourth-order valence-corrected chi connectivity index (χ4v) is 2.73. The molecule has 2 aromatic rings. The van der Waals surface area contributed by atoms with Crippen molar-refractivity contribution in [3.8, 4) is 0 Å². The van der Waals surface area contributed by atoms with Gasteiger partial charge >= 0.3 is 11.9 Å². The third kappa shape index (κ3) is 5.21. The standard InChI is InChI=1S/C15H18ClF3N6O3/c1-9-11(25(27)28)8-23(21-9)7-4-12(26)20-5-3-6-24-10(2)13(16)14(22-24)15(17,18)19/h8H,3-7H2,1-2H3,(H,20,26). The molecule has 0 aliphatic heterocycles. The van der Waals surface area contributed by atoms with Gasteiger partial charge in [0.25, 0.3) is 0 Å². The Morgan fingerprint density at radius 3 is 2.54 bits per heavy atom. The third-order valence-electron chi connectivity index (χ3n) is 3.96. The summed E-state index contributed by atoms with van der Waals surface area (Å²) in [5, 5.41) is 20.4. The average Bonchev–Trinajstić information content (AvgIpc) is 3.11. The van der Waals surface area contributed by atoms with Gasteiger partial charge in [-0.25, -0.2) is 0 Å². The minimum absolute atomic E-state index is 0.0587. The molecule has 28 heavy (non-hydrogen) atoms. The Bertz CT molecular complexity index is 877. The summed E-state index contributed by atoms with van der Waals surface area (Å²) in [7, 11) is 0. The molecule has 1 N–H and O–H groups in total. The number of carbonyl (C=O) groups excluding carboxylic acids is 1. The first kappa shape index (κ1) is 21.7. The highest BCUT2D eigenvalue weighted by Gasteiger charge is 2.38. The van der Waals surface area contributed by atoms with E-state index in [2.05, 4.69) is 15.5 Å². The monoisotopic (exact) mass is 422 g/mol. The van der Waals surface area contributed by atoms with Crippen LogP contribution in [0.25, 0.3) is 0 Å². The van der Waals surface area contributed by atoms with Crippen LogP contribution in [0.15, 0.2) is 6.20 Å². The molecule has 0 aromatic carbocycles. The largest absolute Gasteiger partial charge is 0.436 e. The number of hydrogen-bond donors (Lipinski definition) is 1. The number of amides is 1. The molecule has 1 amide bonds. The summed E-state index contributed by atoms with van der Waals surface area (Å²) in [6.07, 6.45) is -2.95. The molecule has 2 aromatic heterocycles. The lowest BCUT2D eigenvalue weighted by molar-refractivity contribution is -0.385. The number of alkyl halides is 3. The molecule has 0 spiro atoms. The van der Waals surface area contributed by atoms with Crippen molar-refractivity contribution in [2.75, 3.05) is 6.54 Å². The van der Waals surface area contributed by atoms with Gasteiger partial charge in [0, 0.05) is 26.1 Å². The highest BCUT2D eigenvalue weighted by molar-refractivity contribution is 6.31. The highest BCUT2D eigenvalue weighted by atomic mass is 35.5. The van der Waals surface area contributed by atoms with Gasteiger partial charge in [0.15, 0.2) is 5.69 Å². The second-order valence-corrected chi connectivity index (χ2v) is 6.42. The van der Waals surface area contributed by atoms with E-state index in [0.29, 0.717) is 6.42 Å². The molecular weight excluding hydrogens is 405 g/mol. The van der Waals surface area contributed by atoms with Crippen molar-refractivity contribution in [2.45, 2.75) is 46.0 Å². The van der Waals surface area contributed by atoms with Gasteiger partial charge in [-0.15, -0.1) is 0 Å². The quantitative estimate of drug-likeness (QED) is 0.400. The second kappa shape index (κ2) is 8.59. The highest BCUT2D eigenvalue weighted by Crippen LogP contribution is 2.35.